The minimum Gasteiger partial charge on any atom is -0.393 e. The van der Waals surface area contributed by atoms with Crippen LogP contribution in [0.25, 0.3) is 0 Å². The molecule has 5 N–H and O–H groups in total. The molecule has 0 aliphatic heterocycles. The molecule has 4 heteroatoms. The van der Waals surface area contributed by atoms with Crippen molar-refractivity contribution in [1.82, 2.24) is 0 Å². The van der Waals surface area contributed by atoms with Gasteiger partial charge in [0.05, 0.1) is 17.8 Å². The van der Waals surface area contributed by atoms with Gasteiger partial charge in [-0.3, -0.25) is 0 Å². The van der Waals surface area contributed by atoms with E-state index in [1.807, 2.05) is 0 Å². The second-order valence-electron chi connectivity index (χ2n) is 12.7. The highest BCUT2D eigenvalue weighted by Gasteiger charge is 2.63. The first-order valence-corrected chi connectivity index (χ1v) is 13.4. The first-order valence-electron chi connectivity index (χ1n) is 13.4. The summed E-state index contributed by atoms with van der Waals surface area (Å²) in [5, 5.41) is 33.0. The van der Waals surface area contributed by atoms with Crippen LogP contribution in [0.2, 0.25) is 0 Å². The molecule has 0 aromatic heterocycles. The average Bonchev–Trinajstić information content (AvgIpc) is 3.08. The van der Waals surface area contributed by atoms with E-state index in [1.54, 1.807) is 0 Å². The molecule has 0 aromatic rings. The normalized spacial score (nSPS) is 49.1. The Labute approximate surface area is 190 Å². The Hall–Kier alpha value is -0.160. The van der Waals surface area contributed by atoms with Gasteiger partial charge in [0.1, 0.15) is 0 Å². The summed E-state index contributed by atoms with van der Waals surface area (Å²) in [5.41, 5.74) is 5.40. The molecule has 4 nitrogen and oxygen atoms in total. The summed E-state index contributed by atoms with van der Waals surface area (Å²) in [7, 11) is 0. The molecule has 31 heavy (non-hydrogen) atoms. The van der Waals surface area contributed by atoms with Crippen LogP contribution in [0.4, 0.5) is 0 Å². The molecule has 10 atom stereocenters. The predicted molar refractivity (Wildman–Crippen MR) is 125 cm³/mol. The molecule has 0 aromatic carbocycles. The lowest BCUT2D eigenvalue weighted by molar-refractivity contribution is -0.179. The van der Waals surface area contributed by atoms with Crippen LogP contribution in [0, 0.1) is 40.4 Å². The van der Waals surface area contributed by atoms with Crippen molar-refractivity contribution in [2.45, 2.75) is 122 Å². The monoisotopic (exact) mass is 435 g/mol. The van der Waals surface area contributed by atoms with E-state index in [2.05, 4.69) is 20.8 Å². The van der Waals surface area contributed by atoms with Gasteiger partial charge in [-0.25, -0.2) is 0 Å². The summed E-state index contributed by atoms with van der Waals surface area (Å²) in [6, 6.07) is 0. The van der Waals surface area contributed by atoms with Crippen LogP contribution in [-0.2, 0) is 0 Å². The first kappa shape index (κ1) is 24.0. The number of hydrogen-bond donors (Lipinski definition) is 4. The van der Waals surface area contributed by atoms with Gasteiger partial charge < -0.3 is 21.1 Å². The summed E-state index contributed by atoms with van der Waals surface area (Å²) in [5.74, 6) is 2.51. The average molecular weight is 436 g/mol. The Morgan fingerprint density at radius 3 is 2.26 bits per heavy atom. The van der Waals surface area contributed by atoms with E-state index in [0.29, 0.717) is 23.7 Å². The third-order valence-corrected chi connectivity index (χ3v) is 11.0. The highest BCUT2D eigenvalue weighted by molar-refractivity contribution is 5.13. The Bertz CT molecular complexity index is 624. The molecular weight excluding hydrogens is 386 g/mol. The lowest BCUT2D eigenvalue weighted by Crippen LogP contribution is -2.59. The summed E-state index contributed by atoms with van der Waals surface area (Å²) >= 11 is 0. The van der Waals surface area contributed by atoms with E-state index >= 15 is 0 Å². The number of nitrogens with two attached hydrogens (primary N) is 1. The van der Waals surface area contributed by atoms with Crippen LogP contribution >= 0.6 is 0 Å². The molecule has 4 aliphatic carbocycles. The standard InChI is InChI=1S/C27H49NO3/c1-25-13-10-18(29)16-22(25)23(30)17-19-20-8-9-24(26(20,2)14-11-21(19)25)27(3,31)12-6-4-5-7-15-28/h18-24,29-31H,4-17,28H2,1-3H3/t18-,19-,20-,21-,22+,23-,24-,25+,26-,27-/m0/s1. The van der Waals surface area contributed by atoms with Crippen molar-refractivity contribution >= 4 is 0 Å². The van der Waals surface area contributed by atoms with Crippen LogP contribution in [0.5, 0.6) is 0 Å². The van der Waals surface area contributed by atoms with E-state index in [4.69, 9.17) is 5.73 Å². The minimum atomic E-state index is -0.590. The van der Waals surface area contributed by atoms with E-state index in [0.717, 1.165) is 57.9 Å². The van der Waals surface area contributed by atoms with Crippen LogP contribution in [-0.4, -0.2) is 39.7 Å². The minimum absolute atomic E-state index is 0.173. The van der Waals surface area contributed by atoms with Gasteiger partial charge in [0, 0.05) is 0 Å². The fourth-order valence-corrected chi connectivity index (χ4v) is 9.45. The van der Waals surface area contributed by atoms with Gasteiger partial charge in [0.2, 0.25) is 0 Å². The largest absolute Gasteiger partial charge is 0.393 e. The predicted octanol–water partition coefficient (Wildman–Crippen LogP) is 4.64. The van der Waals surface area contributed by atoms with Crippen molar-refractivity contribution < 1.29 is 15.3 Å². The van der Waals surface area contributed by atoms with Crippen LogP contribution in [0.15, 0.2) is 0 Å². The van der Waals surface area contributed by atoms with Gasteiger partial charge >= 0.3 is 0 Å². The van der Waals surface area contributed by atoms with E-state index < -0.39 is 5.60 Å². The maximum absolute atomic E-state index is 11.6. The fraction of sp³-hybridized carbons (Fsp3) is 1.00. The molecule has 0 unspecified atom stereocenters. The zero-order valence-corrected chi connectivity index (χ0v) is 20.4. The molecular formula is C27H49NO3. The van der Waals surface area contributed by atoms with Crippen molar-refractivity contribution in [3.63, 3.8) is 0 Å². The van der Waals surface area contributed by atoms with Gasteiger partial charge in [-0.1, -0.05) is 33.1 Å². The third-order valence-electron chi connectivity index (χ3n) is 11.0. The SMILES string of the molecule is C[C@]12CC[C@H](O)C[C@@H]1[C@@H](O)C[C@@H]1[C@@H]2CC[C@@]2(C)[C@H]1CC[C@@H]2[C@@](C)(O)CCCCCCN. The zero-order chi connectivity index (χ0) is 22.4. The highest BCUT2D eigenvalue weighted by atomic mass is 16.3. The topological polar surface area (TPSA) is 86.7 Å². The lowest BCUT2D eigenvalue weighted by Gasteiger charge is -2.62. The summed E-state index contributed by atoms with van der Waals surface area (Å²) < 4.78 is 0. The molecule has 0 radical (unpaired) electrons. The number of aliphatic hydroxyl groups excluding tert-OH is 2. The van der Waals surface area contributed by atoms with Gasteiger partial charge in [-0.2, -0.15) is 0 Å². The molecule has 4 aliphatic rings. The van der Waals surface area contributed by atoms with Gasteiger partial charge in [0.25, 0.3) is 0 Å². The second kappa shape index (κ2) is 8.89. The molecule has 0 bridgehead atoms. The number of fused-ring (bicyclic) bond motifs is 5. The maximum atomic E-state index is 11.6. The second-order valence-corrected chi connectivity index (χ2v) is 12.7. The van der Waals surface area contributed by atoms with E-state index in [-0.39, 0.29) is 29.0 Å². The lowest BCUT2D eigenvalue weighted by atomic mass is 9.43. The molecule has 0 amide bonds. The first-order chi connectivity index (χ1) is 14.6. The molecule has 0 spiro atoms. The van der Waals surface area contributed by atoms with Crippen molar-refractivity contribution in [1.29, 1.82) is 0 Å². The Morgan fingerprint density at radius 1 is 0.839 bits per heavy atom. The Morgan fingerprint density at radius 2 is 1.52 bits per heavy atom. The summed E-state index contributed by atoms with van der Waals surface area (Å²) in [6.45, 7) is 7.78. The smallest absolute Gasteiger partial charge is 0.0653 e. The zero-order valence-electron chi connectivity index (χ0n) is 20.4. The van der Waals surface area contributed by atoms with Crippen molar-refractivity contribution in [3.8, 4) is 0 Å². The fourth-order valence-electron chi connectivity index (χ4n) is 9.45. The third kappa shape index (κ3) is 4.13. The molecule has 180 valence electrons. The Kier molecular flexibility index (Phi) is 6.88. The van der Waals surface area contributed by atoms with Gasteiger partial charge in [0.15, 0.2) is 0 Å². The molecule has 0 heterocycles. The molecule has 4 fully saturated rings. The number of unbranched alkanes of at least 4 members (excludes halogenated alkanes) is 3. The van der Waals surface area contributed by atoms with E-state index in [1.165, 1.54) is 32.1 Å². The van der Waals surface area contributed by atoms with Crippen molar-refractivity contribution in [2.24, 2.45) is 46.2 Å². The van der Waals surface area contributed by atoms with E-state index in [9.17, 15) is 15.3 Å². The van der Waals surface area contributed by atoms with Crippen LogP contribution in [0.1, 0.15) is 104 Å². The summed E-state index contributed by atoms with van der Waals surface area (Å²) in [6.07, 6.45) is 13.4. The highest BCUT2D eigenvalue weighted by Crippen LogP contribution is 2.68. The number of aliphatic hydroxyl groups is 3. The number of hydrogen-bond acceptors (Lipinski definition) is 4. The maximum Gasteiger partial charge on any atom is 0.0653 e. The van der Waals surface area contributed by atoms with Crippen LogP contribution < -0.4 is 5.73 Å². The molecule has 4 saturated carbocycles. The van der Waals surface area contributed by atoms with Crippen molar-refractivity contribution in [3.05, 3.63) is 0 Å². The quantitative estimate of drug-likeness (QED) is 0.439. The summed E-state index contributed by atoms with van der Waals surface area (Å²) in [4.78, 5) is 0. The molecule has 4 rings (SSSR count). The van der Waals surface area contributed by atoms with Gasteiger partial charge in [-0.15, -0.1) is 0 Å². The number of rotatable bonds is 7. The van der Waals surface area contributed by atoms with Crippen molar-refractivity contribution in [2.75, 3.05) is 6.54 Å². The van der Waals surface area contributed by atoms with Gasteiger partial charge in [-0.05, 0) is 118 Å². The molecule has 0 saturated heterocycles. The van der Waals surface area contributed by atoms with Crippen LogP contribution in [0.3, 0.4) is 0 Å². The Balaban J connectivity index is 1.48.